The third kappa shape index (κ3) is 4.61. The number of nitro groups is 1. The van der Waals surface area contributed by atoms with Gasteiger partial charge in [-0.2, -0.15) is 23.4 Å². The highest BCUT2D eigenvalue weighted by Crippen LogP contribution is 2.44. The number of nitrogens with two attached hydrogens (primary N) is 1. The van der Waals surface area contributed by atoms with E-state index in [1.165, 1.54) is 4.68 Å². The second kappa shape index (κ2) is 9.03. The molecule has 4 heterocycles. The highest BCUT2D eigenvalue weighted by molar-refractivity contribution is 7.21. The van der Waals surface area contributed by atoms with Gasteiger partial charge in [-0.15, -0.1) is 11.3 Å². The quantitative estimate of drug-likeness (QED) is 0.278. The van der Waals surface area contributed by atoms with Crippen molar-refractivity contribution in [2.45, 2.75) is 33.1 Å². The third-order valence-electron chi connectivity index (χ3n) is 5.14. The van der Waals surface area contributed by atoms with E-state index in [1.54, 1.807) is 20.0 Å². The Morgan fingerprint density at radius 1 is 1.25 bits per heavy atom. The number of alkyl halides is 3. The van der Waals surface area contributed by atoms with Crippen LogP contribution < -0.4 is 11.1 Å². The average molecular weight is 522 g/mol. The fraction of sp³-hybridized carbons (Fsp3) is 0.250. The van der Waals surface area contributed by atoms with E-state index >= 15 is 0 Å². The van der Waals surface area contributed by atoms with Gasteiger partial charge >= 0.3 is 11.9 Å². The van der Waals surface area contributed by atoms with Crippen LogP contribution in [0.3, 0.4) is 0 Å². The Hall–Kier alpha value is -4.34. The number of nitrogens with one attached hydrogen (secondary N) is 1. The lowest BCUT2D eigenvalue weighted by Crippen LogP contribution is -2.21. The Kier molecular flexibility index (Phi) is 6.21. The van der Waals surface area contributed by atoms with Crippen LogP contribution in [0.1, 0.15) is 28.0 Å². The number of carbonyl (C=O) groups excluding carboxylic acids is 2. The average Bonchev–Trinajstić information content (AvgIpc) is 3.50. The maximum absolute atomic E-state index is 13.7. The highest BCUT2D eigenvalue weighted by atomic mass is 32.1. The number of primary amides is 1. The van der Waals surface area contributed by atoms with E-state index in [0.717, 1.165) is 23.1 Å². The minimum Gasteiger partial charge on any atom is -0.365 e. The molecule has 0 aliphatic rings. The number of pyridine rings is 1. The van der Waals surface area contributed by atoms with E-state index in [4.69, 9.17) is 5.73 Å². The molecule has 3 N–H and O–H groups in total. The van der Waals surface area contributed by atoms with Crippen molar-refractivity contribution in [1.82, 2.24) is 24.5 Å². The summed E-state index contributed by atoms with van der Waals surface area (Å²) in [6.45, 7) is 3.41. The molecular weight excluding hydrogens is 505 g/mol. The number of carbonyl (C=O) groups is 2. The molecule has 0 spiro atoms. The maximum Gasteiger partial charge on any atom is 0.433 e. The second-order valence-corrected chi connectivity index (χ2v) is 8.59. The fourth-order valence-electron chi connectivity index (χ4n) is 3.55. The van der Waals surface area contributed by atoms with Gasteiger partial charge in [-0.25, -0.2) is 4.98 Å². The Balaban J connectivity index is 1.88. The molecular formula is C20H17F3N8O4S. The van der Waals surface area contributed by atoms with Crippen LogP contribution in [0.4, 0.5) is 24.5 Å². The monoisotopic (exact) mass is 522 g/mol. The number of anilines is 1. The van der Waals surface area contributed by atoms with Crippen LogP contribution in [0, 0.1) is 17.0 Å². The summed E-state index contributed by atoms with van der Waals surface area (Å²) >= 11 is 0.607. The molecule has 0 aliphatic carbocycles. The predicted octanol–water partition coefficient (Wildman–Crippen LogP) is 3.35. The first-order valence-electron chi connectivity index (χ1n) is 10.2. The fourth-order valence-corrected chi connectivity index (χ4v) is 4.56. The number of amides is 2. The first-order chi connectivity index (χ1) is 16.9. The van der Waals surface area contributed by atoms with Crippen LogP contribution in [-0.4, -0.2) is 41.3 Å². The largest absolute Gasteiger partial charge is 0.433 e. The van der Waals surface area contributed by atoms with Gasteiger partial charge in [0.05, 0.1) is 16.3 Å². The first kappa shape index (κ1) is 24.8. The van der Waals surface area contributed by atoms with E-state index in [9.17, 15) is 32.9 Å². The molecule has 0 aromatic carbocycles. The first-order valence-corrected chi connectivity index (χ1v) is 11.1. The van der Waals surface area contributed by atoms with Crippen LogP contribution in [0.2, 0.25) is 0 Å². The number of hydrogen-bond donors (Lipinski definition) is 2. The minimum atomic E-state index is -4.79. The number of aromatic nitrogens is 5. The summed E-state index contributed by atoms with van der Waals surface area (Å²) in [7, 11) is 0. The van der Waals surface area contributed by atoms with E-state index in [2.05, 4.69) is 20.5 Å². The molecule has 4 aromatic rings. The van der Waals surface area contributed by atoms with Crippen molar-refractivity contribution in [3.05, 3.63) is 51.0 Å². The summed E-state index contributed by atoms with van der Waals surface area (Å²) in [5.41, 5.74) is 4.66. The van der Waals surface area contributed by atoms with Crippen molar-refractivity contribution < 1.29 is 27.7 Å². The molecule has 0 atom stereocenters. The van der Waals surface area contributed by atoms with Gasteiger partial charge in [-0.05, 0) is 25.5 Å². The number of rotatable bonds is 7. The molecule has 0 radical (unpaired) electrons. The topological polar surface area (TPSA) is 164 Å². The summed E-state index contributed by atoms with van der Waals surface area (Å²) in [6, 6.07) is 0.830. The van der Waals surface area contributed by atoms with Gasteiger partial charge in [-0.1, -0.05) is 0 Å². The van der Waals surface area contributed by atoms with Gasteiger partial charge in [0.15, 0.2) is 0 Å². The lowest BCUT2D eigenvalue weighted by molar-refractivity contribution is -0.385. The Morgan fingerprint density at radius 3 is 2.53 bits per heavy atom. The molecule has 0 fully saturated rings. The number of aryl methyl sites for hydroxylation is 2. The smallest absolute Gasteiger partial charge is 0.365 e. The zero-order valence-corrected chi connectivity index (χ0v) is 19.5. The molecule has 4 aromatic heterocycles. The summed E-state index contributed by atoms with van der Waals surface area (Å²) < 4.78 is 43.5. The van der Waals surface area contributed by atoms with Crippen LogP contribution in [0.15, 0.2) is 24.7 Å². The van der Waals surface area contributed by atoms with Crippen molar-refractivity contribution in [3.63, 3.8) is 0 Å². The lowest BCUT2D eigenvalue weighted by atomic mass is 10.0. The van der Waals surface area contributed by atoms with Gasteiger partial charge < -0.3 is 11.1 Å². The van der Waals surface area contributed by atoms with Gasteiger partial charge in [0.2, 0.25) is 5.91 Å². The summed E-state index contributed by atoms with van der Waals surface area (Å²) in [5.74, 6) is -1.73. The lowest BCUT2D eigenvalue weighted by Gasteiger charge is -2.12. The third-order valence-corrected chi connectivity index (χ3v) is 6.24. The molecule has 0 saturated carbocycles. The van der Waals surface area contributed by atoms with Crippen LogP contribution in [0.5, 0.6) is 0 Å². The molecule has 0 unspecified atom stereocenters. The molecule has 0 saturated heterocycles. The van der Waals surface area contributed by atoms with Crippen molar-refractivity contribution in [2.75, 3.05) is 5.32 Å². The maximum atomic E-state index is 13.7. The second-order valence-electron chi connectivity index (χ2n) is 7.59. The van der Waals surface area contributed by atoms with E-state index in [1.807, 2.05) is 0 Å². The molecule has 36 heavy (non-hydrogen) atoms. The van der Waals surface area contributed by atoms with Gasteiger partial charge in [0.25, 0.3) is 5.91 Å². The van der Waals surface area contributed by atoms with Crippen LogP contribution in [-0.2, 0) is 24.1 Å². The van der Waals surface area contributed by atoms with Crippen molar-refractivity contribution in [1.29, 1.82) is 0 Å². The number of thiophene rings is 1. The zero-order chi connectivity index (χ0) is 26.4. The summed E-state index contributed by atoms with van der Waals surface area (Å²) in [5, 5.41) is 21.4. The normalized spacial score (nSPS) is 11.7. The van der Waals surface area contributed by atoms with E-state index in [-0.39, 0.29) is 32.0 Å². The Bertz CT molecular complexity index is 1520. The Labute approximate surface area is 203 Å². The molecule has 0 aliphatic heterocycles. The molecule has 188 valence electrons. The highest BCUT2D eigenvalue weighted by Gasteiger charge is 2.35. The van der Waals surface area contributed by atoms with E-state index in [0.29, 0.717) is 29.1 Å². The van der Waals surface area contributed by atoms with Gasteiger partial charge in [-0.3, -0.25) is 29.1 Å². The van der Waals surface area contributed by atoms with Crippen molar-refractivity contribution >= 4 is 44.7 Å². The summed E-state index contributed by atoms with van der Waals surface area (Å²) in [4.78, 5) is 38.4. The van der Waals surface area contributed by atoms with Crippen LogP contribution >= 0.6 is 11.3 Å². The molecule has 16 heteroatoms. The number of halogens is 3. The van der Waals surface area contributed by atoms with Gasteiger partial charge in [0.1, 0.15) is 34.3 Å². The molecule has 4 rings (SSSR count). The SMILES string of the molecule is CCn1cc(-c2cc(C(F)(F)F)nc3sc(C(N)=O)c(NC(=O)Cn4cc([N+](=O)[O-])cn4)c23)c(C)n1. The van der Waals surface area contributed by atoms with Crippen LogP contribution in [0.25, 0.3) is 21.3 Å². The van der Waals surface area contributed by atoms with E-state index < -0.39 is 35.2 Å². The predicted molar refractivity (Wildman–Crippen MR) is 122 cm³/mol. The summed E-state index contributed by atoms with van der Waals surface area (Å²) in [6.07, 6.45) is -1.24. The number of fused-ring (bicyclic) bond motifs is 1. The molecule has 12 nitrogen and oxygen atoms in total. The van der Waals surface area contributed by atoms with Gasteiger partial charge in [0, 0.05) is 23.7 Å². The zero-order valence-electron chi connectivity index (χ0n) is 18.7. The molecule has 2 amide bonds. The minimum absolute atomic E-state index is 0.0540. The number of nitrogens with zero attached hydrogens (tertiary/aromatic N) is 6. The number of hydrogen-bond acceptors (Lipinski definition) is 8. The standard InChI is InChI=1S/C20H17F3N8O4S/c1-3-29-7-12(9(2)28-29)11-4-13(20(21,22)23)26-19-15(11)16(17(36-19)18(24)33)27-14(32)8-30-6-10(5-25-30)31(34)35/h4-7H,3,8H2,1-2H3,(H2,24,33)(H,27,32). The molecule has 0 bridgehead atoms. The Morgan fingerprint density at radius 2 is 1.97 bits per heavy atom. The van der Waals surface area contributed by atoms with Crippen molar-refractivity contribution in [3.8, 4) is 11.1 Å². The van der Waals surface area contributed by atoms with Crippen molar-refractivity contribution in [2.24, 2.45) is 5.73 Å².